The molecule has 0 N–H and O–H groups in total. The molecule has 0 aliphatic carbocycles. The van der Waals surface area contributed by atoms with Gasteiger partial charge in [0.05, 0.1) is 33.5 Å². The van der Waals surface area contributed by atoms with Crippen LogP contribution in [0.3, 0.4) is 0 Å². The van der Waals surface area contributed by atoms with E-state index in [2.05, 4.69) is 4.98 Å². The molecule has 7 nitrogen and oxygen atoms in total. The summed E-state index contributed by atoms with van der Waals surface area (Å²) in [6.45, 7) is 2.65. The highest BCUT2D eigenvalue weighted by Gasteiger charge is 2.22. The number of para-hydroxylation sites is 2. The number of ketones is 1. The second-order valence-electron chi connectivity index (χ2n) is 7.70. The van der Waals surface area contributed by atoms with Crippen LogP contribution in [-0.4, -0.2) is 38.7 Å². The topological polar surface area (TPSA) is 80.0 Å². The summed E-state index contributed by atoms with van der Waals surface area (Å²) in [6.07, 6.45) is 2.59. The predicted octanol–water partition coefficient (Wildman–Crippen LogP) is 6.07. The number of allylic oxidation sites excluding steroid dienone is 1. The SMILES string of the molecule is CCCOc1ccc(C(=O)/C(=C\c2cc(OC)c(OC)cc2OC)c2nc3ccccc3o2)cc1. The fourth-order valence-corrected chi connectivity index (χ4v) is 3.61. The number of nitrogens with zero attached hydrogens (tertiary/aromatic N) is 1. The van der Waals surface area contributed by atoms with E-state index in [9.17, 15) is 4.79 Å². The highest BCUT2D eigenvalue weighted by Crippen LogP contribution is 2.37. The average molecular weight is 474 g/mol. The molecule has 3 aromatic carbocycles. The van der Waals surface area contributed by atoms with E-state index in [4.69, 9.17) is 23.4 Å². The highest BCUT2D eigenvalue weighted by molar-refractivity contribution is 6.31. The number of rotatable bonds is 10. The number of hydrogen-bond donors (Lipinski definition) is 0. The van der Waals surface area contributed by atoms with Gasteiger partial charge in [0.2, 0.25) is 5.89 Å². The lowest BCUT2D eigenvalue weighted by atomic mass is 10.00. The molecule has 0 aliphatic heterocycles. The van der Waals surface area contributed by atoms with Crippen molar-refractivity contribution in [1.82, 2.24) is 4.98 Å². The van der Waals surface area contributed by atoms with Gasteiger partial charge < -0.3 is 23.4 Å². The molecule has 0 spiro atoms. The maximum atomic E-state index is 13.7. The Kier molecular flexibility index (Phi) is 7.35. The molecule has 0 atom stereocenters. The number of hydrogen-bond acceptors (Lipinski definition) is 7. The molecular weight excluding hydrogens is 446 g/mol. The molecule has 180 valence electrons. The third-order valence-corrected chi connectivity index (χ3v) is 5.39. The second kappa shape index (κ2) is 10.8. The van der Waals surface area contributed by atoms with E-state index in [0.717, 1.165) is 6.42 Å². The molecule has 0 unspecified atom stereocenters. The maximum Gasteiger partial charge on any atom is 0.231 e. The third kappa shape index (κ3) is 5.14. The highest BCUT2D eigenvalue weighted by atomic mass is 16.5. The van der Waals surface area contributed by atoms with Gasteiger partial charge in [-0.15, -0.1) is 0 Å². The number of methoxy groups -OCH3 is 3. The standard InChI is InChI=1S/C28H27NO6/c1-5-14-34-20-12-10-18(11-13-20)27(30)21(28-29-22-8-6-7-9-23(22)35-28)15-19-16-25(32-3)26(33-4)17-24(19)31-2/h6-13,15-17H,5,14H2,1-4H3/b21-15+. The number of aromatic nitrogens is 1. The van der Waals surface area contributed by atoms with Crippen molar-refractivity contribution in [3.05, 3.63) is 77.7 Å². The lowest BCUT2D eigenvalue weighted by molar-refractivity contribution is 0.105. The zero-order valence-electron chi connectivity index (χ0n) is 20.2. The Hall–Kier alpha value is -4.26. The number of benzene rings is 3. The number of oxazole rings is 1. The molecule has 0 bridgehead atoms. The average Bonchev–Trinajstić information content (AvgIpc) is 3.34. The van der Waals surface area contributed by atoms with E-state index in [1.807, 2.05) is 31.2 Å². The van der Waals surface area contributed by atoms with Gasteiger partial charge in [0, 0.05) is 17.2 Å². The van der Waals surface area contributed by atoms with Crippen molar-refractivity contribution in [2.24, 2.45) is 0 Å². The number of carbonyl (C=O) groups excluding carboxylic acids is 1. The number of carbonyl (C=O) groups is 1. The van der Waals surface area contributed by atoms with E-state index < -0.39 is 0 Å². The van der Waals surface area contributed by atoms with Crippen molar-refractivity contribution < 1.29 is 28.2 Å². The molecular formula is C28H27NO6. The normalized spacial score (nSPS) is 11.4. The zero-order chi connectivity index (χ0) is 24.8. The van der Waals surface area contributed by atoms with Crippen LogP contribution in [0.4, 0.5) is 0 Å². The van der Waals surface area contributed by atoms with Crippen molar-refractivity contribution in [1.29, 1.82) is 0 Å². The van der Waals surface area contributed by atoms with Gasteiger partial charge in [0.25, 0.3) is 0 Å². The molecule has 7 heteroatoms. The van der Waals surface area contributed by atoms with Gasteiger partial charge in [0.15, 0.2) is 22.9 Å². The van der Waals surface area contributed by atoms with Crippen LogP contribution in [0.25, 0.3) is 22.7 Å². The molecule has 4 rings (SSSR count). The summed E-state index contributed by atoms with van der Waals surface area (Å²) in [5.74, 6) is 2.18. The molecule has 0 aliphatic rings. The summed E-state index contributed by atoms with van der Waals surface area (Å²) in [6, 6.07) is 17.8. The quantitative estimate of drug-likeness (QED) is 0.204. The van der Waals surface area contributed by atoms with Gasteiger partial charge in [0.1, 0.15) is 17.0 Å². The first-order valence-electron chi connectivity index (χ1n) is 11.2. The second-order valence-corrected chi connectivity index (χ2v) is 7.70. The largest absolute Gasteiger partial charge is 0.496 e. The number of ether oxygens (including phenoxy) is 4. The Morgan fingerprint density at radius 2 is 1.60 bits per heavy atom. The third-order valence-electron chi connectivity index (χ3n) is 5.39. The van der Waals surface area contributed by atoms with E-state index in [-0.39, 0.29) is 17.2 Å². The Morgan fingerprint density at radius 3 is 2.26 bits per heavy atom. The molecule has 0 amide bonds. The van der Waals surface area contributed by atoms with E-state index in [0.29, 0.717) is 51.8 Å². The summed E-state index contributed by atoms with van der Waals surface area (Å²) < 4.78 is 28.0. The molecule has 0 fully saturated rings. The molecule has 0 saturated heterocycles. The molecule has 0 radical (unpaired) electrons. The van der Waals surface area contributed by atoms with E-state index >= 15 is 0 Å². The van der Waals surface area contributed by atoms with Crippen molar-refractivity contribution in [2.45, 2.75) is 13.3 Å². The van der Waals surface area contributed by atoms with Gasteiger partial charge in [-0.25, -0.2) is 4.98 Å². The lowest BCUT2D eigenvalue weighted by Gasteiger charge is -2.13. The Morgan fingerprint density at radius 1 is 0.914 bits per heavy atom. The molecule has 4 aromatic rings. The van der Waals surface area contributed by atoms with Crippen molar-refractivity contribution >= 4 is 28.5 Å². The lowest BCUT2D eigenvalue weighted by Crippen LogP contribution is -2.04. The zero-order valence-corrected chi connectivity index (χ0v) is 20.2. The summed E-state index contributed by atoms with van der Waals surface area (Å²) in [5.41, 5.74) is 2.60. The van der Waals surface area contributed by atoms with Gasteiger partial charge >= 0.3 is 0 Å². The summed E-state index contributed by atoms with van der Waals surface area (Å²) in [5, 5.41) is 0. The predicted molar refractivity (Wildman–Crippen MR) is 135 cm³/mol. The smallest absolute Gasteiger partial charge is 0.231 e. The van der Waals surface area contributed by atoms with E-state index in [1.165, 1.54) is 0 Å². The molecule has 1 heterocycles. The summed E-state index contributed by atoms with van der Waals surface area (Å²) in [7, 11) is 4.65. The minimum atomic E-state index is -0.254. The monoisotopic (exact) mass is 473 g/mol. The van der Waals surface area contributed by atoms with Gasteiger partial charge in [-0.2, -0.15) is 0 Å². The van der Waals surface area contributed by atoms with Crippen LogP contribution in [0.15, 0.2) is 65.1 Å². The van der Waals surface area contributed by atoms with Crippen molar-refractivity contribution in [3.63, 3.8) is 0 Å². The van der Waals surface area contributed by atoms with Crippen LogP contribution in [-0.2, 0) is 0 Å². The number of Topliss-reactive ketones (excluding diaryl/α,β-unsaturated/α-hetero) is 1. The summed E-state index contributed by atoms with van der Waals surface area (Å²) in [4.78, 5) is 18.3. The molecule has 0 saturated carbocycles. The minimum Gasteiger partial charge on any atom is -0.496 e. The maximum absolute atomic E-state index is 13.7. The van der Waals surface area contributed by atoms with Crippen LogP contribution < -0.4 is 18.9 Å². The van der Waals surface area contributed by atoms with Crippen LogP contribution in [0.1, 0.15) is 35.2 Å². The Balaban J connectivity index is 1.84. The summed E-state index contributed by atoms with van der Waals surface area (Å²) >= 11 is 0. The molecule has 35 heavy (non-hydrogen) atoms. The van der Waals surface area contributed by atoms with Crippen molar-refractivity contribution in [3.8, 4) is 23.0 Å². The Bertz CT molecular complexity index is 1320. The Labute approximate surface area is 203 Å². The van der Waals surface area contributed by atoms with Crippen LogP contribution in [0.2, 0.25) is 0 Å². The molecule has 1 aromatic heterocycles. The minimum absolute atomic E-state index is 0.208. The fraction of sp³-hybridized carbons (Fsp3) is 0.214. The van der Waals surface area contributed by atoms with E-state index in [1.54, 1.807) is 63.8 Å². The van der Waals surface area contributed by atoms with Crippen LogP contribution in [0.5, 0.6) is 23.0 Å². The van der Waals surface area contributed by atoms with Crippen LogP contribution in [0, 0.1) is 0 Å². The number of fused-ring (bicyclic) bond motifs is 1. The van der Waals surface area contributed by atoms with Gasteiger partial charge in [-0.3, -0.25) is 4.79 Å². The fourth-order valence-electron chi connectivity index (χ4n) is 3.61. The first kappa shape index (κ1) is 23.9. The van der Waals surface area contributed by atoms with Gasteiger partial charge in [-0.05, 0) is 55.0 Å². The van der Waals surface area contributed by atoms with Gasteiger partial charge in [-0.1, -0.05) is 19.1 Å². The first-order valence-corrected chi connectivity index (χ1v) is 11.2. The first-order chi connectivity index (χ1) is 17.1. The van der Waals surface area contributed by atoms with Crippen LogP contribution >= 0.6 is 0 Å². The van der Waals surface area contributed by atoms with Crippen molar-refractivity contribution in [2.75, 3.05) is 27.9 Å².